The number of benzene rings is 2. The number of hydrogen-bond donors (Lipinski definition) is 1. The maximum absolute atomic E-state index is 11.8. The SMILES string of the molecule is OC1(c2ccc(OCc3ccccc3)cc2)[C@@H]2CCC[C@H]1CN(CC1CC1)C2. The minimum absolute atomic E-state index is 0.356. The van der Waals surface area contributed by atoms with Gasteiger partial charge in [0.25, 0.3) is 0 Å². The van der Waals surface area contributed by atoms with E-state index in [1.807, 2.05) is 30.3 Å². The molecule has 2 aliphatic carbocycles. The molecule has 2 aromatic rings. The summed E-state index contributed by atoms with van der Waals surface area (Å²) in [6, 6.07) is 18.5. The number of ether oxygens (including phenoxy) is 1. The molecule has 148 valence electrons. The van der Waals surface area contributed by atoms with E-state index in [2.05, 4.69) is 29.2 Å². The van der Waals surface area contributed by atoms with E-state index in [1.165, 1.54) is 31.4 Å². The molecule has 0 amide bonds. The van der Waals surface area contributed by atoms with Crippen LogP contribution >= 0.6 is 0 Å². The summed E-state index contributed by atoms with van der Waals surface area (Å²) in [6.07, 6.45) is 6.34. The van der Waals surface area contributed by atoms with Crippen molar-refractivity contribution in [1.29, 1.82) is 0 Å². The fourth-order valence-corrected chi connectivity index (χ4v) is 5.39. The van der Waals surface area contributed by atoms with Crippen LogP contribution in [0.2, 0.25) is 0 Å². The van der Waals surface area contributed by atoms with Gasteiger partial charge >= 0.3 is 0 Å². The molecule has 3 nitrogen and oxygen atoms in total. The first-order chi connectivity index (χ1) is 13.7. The van der Waals surface area contributed by atoms with E-state index < -0.39 is 5.60 Å². The van der Waals surface area contributed by atoms with Gasteiger partial charge in [-0.25, -0.2) is 0 Å². The third-order valence-corrected chi connectivity index (χ3v) is 7.09. The molecule has 3 aliphatic rings. The quantitative estimate of drug-likeness (QED) is 0.799. The lowest BCUT2D eigenvalue weighted by molar-refractivity contribution is -0.147. The Labute approximate surface area is 168 Å². The van der Waals surface area contributed by atoms with Gasteiger partial charge in [0.1, 0.15) is 12.4 Å². The van der Waals surface area contributed by atoms with Gasteiger partial charge in [-0.2, -0.15) is 0 Å². The van der Waals surface area contributed by atoms with E-state index in [0.29, 0.717) is 18.4 Å². The van der Waals surface area contributed by atoms with Crippen molar-refractivity contribution in [1.82, 2.24) is 4.90 Å². The van der Waals surface area contributed by atoms with E-state index in [1.54, 1.807) is 0 Å². The van der Waals surface area contributed by atoms with Crippen LogP contribution in [-0.4, -0.2) is 29.6 Å². The van der Waals surface area contributed by atoms with Gasteiger partial charge in [-0.05, 0) is 54.9 Å². The van der Waals surface area contributed by atoms with Crippen molar-refractivity contribution in [2.75, 3.05) is 19.6 Å². The van der Waals surface area contributed by atoms with Crippen LogP contribution in [0.25, 0.3) is 0 Å². The second-order valence-electron chi connectivity index (χ2n) is 9.11. The zero-order valence-electron chi connectivity index (χ0n) is 16.6. The van der Waals surface area contributed by atoms with E-state index >= 15 is 0 Å². The van der Waals surface area contributed by atoms with Crippen molar-refractivity contribution in [2.45, 2.75) is 44.3 Å². The number of aliphatic hydroxyl groups is 1. The van der Waals surface area contributed by atoms with Crippen LogP contribution in [0.1, 0.15) is 43.2 Å². The predicted octanol–water partition coefficient (Wildman–Crippen LogP) is 4.60. The van der Waals surface area contributed by atoms with E-state index in [0.717, 1.165) is 43.2 Å². The number of fused-ring (bicyclic) bond motifs is 2. The summed E-state index contributed by atoms with van der Waals surface area (Å²) in [6.45, 7) is 3.92. The molecule has 2 aromatic carbocycles. The Morgan fingerprint density at radius 1 is 0.893 bits per heavy atom. The van der Waals surface area contributed by atoms with Gasteiger partial charge < -0.3 is 14.7 Å². The lowest BCUT2D eigenvalue weighted by Gasteiger charge is -2.53. The second-order valence-corrected chi connectivity index (χ2v) is 9.11. The van der Waals surface area contributed by atoms with Gasteiger partial charge in [-0.3, -0.25) is 0 Å². The van der Waals surface area contributed by atoms with Gasteiger partial charge in [0.05, 0.1) is 5.60 Å². The Bertz CT molecular complexity index is 770. The third-order valence-electron chi connectivity index (χ3n) is 7.09. The molecular formula is C25H31NO2. The summed E-state index contributed by atoms with van der Waals surface area (Å²) in [5, 5.41) is 11.8. The number of rotatable bonds is 6. The van der Waals surface area contributed by atoms with Crippen LogP contribution in [0.3, 0.4) is 0 Å². The largest absolute Gasteiger partial charge is 0.489 e. The molecule has 5 rings (SSSR count). The fraction of sp³-hybridized carbons (Fsp3) is 0.520. The highest BCUT2D eigenvalue weighted by atomic mass is 16.5. The smallest absolute Gasteiger partial charge is 0.119 e. The molecule has 3 atom stereocenters. The molecule has 1 saturated heterocycles. The number of hydrogen-bond acceptors (Lipinski definition) is 3. The molecule has 28 heavy (non-hydrogen) atoms. The monoisotopic (exact) mass is 377 g/mol. The molecule has 1 aliphatic heterocycles. The highest BCUT2D eigenvalue weighted by molar-refractivity contribution is 5.33. The highest BCUT2D eigenvalue weighted by Gasteiger charge is 2.51. The second kappa shape index (κ2) is 7.53. The summed E-state index contributed by atoms with van der Waals surface area (Å²) in [5.74, 6) is 2.50. The summed E-state index contributed by atoms with van der Waals surface area (Å²) in [4.78, 5) is 2.64. The van der Waals surface area contributed by atoms with Gasteiger partial charge in [0, 0.05) is 31.5 Å². The first-order valence-corrected chi connectivity index (χ1v) is 10.9. The van der Waals surface area contributed by atoms with Gasteiger partial charge in [0.2, 0.25) is 0 Å². The molecule has 3 heteroatoms. The van der Waals surface area contributed by atoms with E-state index in [-0.39, 0.29) is 0 Å². The molecule has 0 spiro atoms. The summed E-state index contributed by atoms with van der Waals surface area (Å²) in [5.41, 5.74) is 1.58. The summed E-state index contributed by atoms with van der Waals surface area (Å²) < 4.78 is 5.94. The Morgan fingerprint density at radius 3 is 2.21 bits per heavy atom. The normalized spacial score (nSPS) is 30.2. The molecule has 1 N–H and O–H groups in total. The zero-order valence-corrected chi connectivity index (χ0v) is 16.6. The van der Waals surface area contributed by atoms with E-state index in [4.69, 9.17) is 4.74 Å². The van der Waals surface area contributed by atoms with Crippen molar-refractivity contribution in [3.8, 4) is 5.75 Å². The zero-order chi connectivity index (χ0) is 19.0. The number of nitrogens with zero attached hydrogens (tertiary/aromatic N) is 1. The predicted molar refractivity (Wildman–Crippen MR) is 111 cm³/mol. The van der Waals surface area contributed by atoms with Gasteiger partial charge in [-0.15, -0.1) is 0 Å². The Hall–Kier alpha value is -1.84. The van der Waals surface area contributed by atoms with Crippen molar-refractivity contribution in [2.24, 2.45) is 17.8 Å². The van der Waals surface area contributed by atoms with Crippen LogP contribution < -0.4 is 4.74 Å². The highest BCUT2D eigenvalue weighted by Crippen LogP contribution is 2.49. The van der Waals surface area contributed by atoms with Gasteiger partial charge in [-0.1, -0.05) is 48.9 Å². The van der Waals surface area contributed by atoms with Crippen LogP contribution in [0, 0.1) is 17.8 Å². The average molecular weight is 378 g/mol. The van der Waals surface area contributed by atoms with E-state index in [9.17, 15) is 5.11 Å². The Balaban J connectivity index is 1.29. The number of piperidine rings is 1. The van der Waals surface area contributed by atoms with Crippen LogP contribution in [-0.2, 0) is 12.2 Å². The van der Waals surface area contributed by atoms with Crippen molar-refractivity contribution < 1.29 is 9.84 Å². The molecular weight excluding hydrogens is 346 g/mol. The molecule has 0 radical (unpaired) electrons. The molecule has 2 bridgehead atoms. The topological polar surface area (TPSA) is 32.7 Å². The molecule has 1 heterocycles. The molecule has 3 fully saturated rings. The minimum Gasteiger partial charge on any atom is -0.489 e. The molecule has 1 unspecified atom stereocenters. The Morgan fingerprint density at radius 2 is 1.57 bits per heavy atom. The lowest BCUT2D eigenvalue weighted by Crippen LogP contribution is -2.58. The van der Waals surface area contributed by atoms with Crippen molar-refractivity contribution >= 4 is 0 Å². The summed E-state index contributed by atoms with van der Waals surface area (Å²) >= 11 is 0. The third kappa shape index (κ3) is 3.58. The number of likely N-dealkylation sites (tertiary alicyclic amines) is 1. The lowest BCUT2D eigenvalue weighted by atomic mass is 9.62. The standard InChI is InChI=1S/C25H31NO2/c27-25(22-7-4-8-23(25)17-26(16-22)15-19-9-10-19)21-11-13-24(14-12-21)28-18-20-5-2-1-3-6-20/h1-3,5-6,11-14,19,22-23,27H,4,7-10,15-18H2/t22-,23+,25?. The summed E-state index contributed by atoms with van der Waals surface area (Å²) in [7, 11) is 0. The first-order valence-electron chi connectivity index (χ1n) is 10.9. The maximum atomic E-state index is 11.8. The fourth-order valence-electron chi connectivity index (χ4n) is 5.39. The average Bonchev–Trinajstić information content (AvgIpc) is 3.52. The maximum Gasteiger partial charge on any atom is 0.119 e. The van der Waals surface area contributed by atoms with Crippen molar-refractivity contribution in [3.63, 3.8) is 0 Å². The molecule has 0 aromatic heterocycles. The minimum atomic E-state index is -0.670. The first kappa shape index (κ1) is 18.2. The van der Waals surface area contributed by atoms with Crippen LogP contribution in [0.15, 0.2) is 54.6 Å². The molecule has 2 saturated carbocycles. The van der Waals surface area contributed by atoms with Crippen molar-refractivity contribution in [3.05, 3.63) is 65.7 Å². The van der Waals surface area contributed by atoms with Crippen LogP contribution in [0.4, 0.5) is 0 Å². The van der Waals surface area contributed by atoms with Crippen LogP contribution in [0.5, 0.6) is 5.75 Å². The Kier molecular flexibility index (Phi) is 4.90. The van der Waals surface area contributed by atoms with Gasteiger partial charge in [0.15, 0.2) is 0 Å².